The number of nitrogens with two attached hydrogens (primary N) is 1. The third-order valence-corrected chi connectivity index (χ3v) is 3.06. The molecule has 0 saturated carbocycles. The van der Waals surface area contributed by atoms with E-state index in [1.807, 2.05) is 18.2 Å². The molecule has 2 rings (SSSR count). The lowest BCUT2D eigenvalue weighted by atomic mass is 10.1. The van der Waals surface area contributed by atoms with Crippen LogP contribution in [0.3, 0.4) is 0 Å². The van der Waals surface area contributed by atoms with Gasteiger partial charge in [-0.25, -0.2) is 0 Å². The number of ether oxygens (including phenoxy) is 1. The molecule has 0 radical (unpaired) electrons. The second-order valence-corrected chi connectivity index (χ2v) is 4.49. The third kappa shape index (κ3) is 4.00. The summed E-state index contributed by atoms with van der Waals surface area (Å²) in [5.74, 6) is 0.737. The van der Waals surface area contributed by atoms with Gasteiger partial charge in [-0.3, -0.25) is 0 Å². The molecule has 3 heteroatoms. The first kappa shape index (κ1) is 13.4. The Labute approximate surface area is 114 Å². The van der Waals surface area contributed by atoms with Gasteiger partial charge in [0.15, 0.2) is 0 Å². The van der Waals surface area contributed by atoms with Gasteiger partial charge in [-0.2, -0.15) is 0 Å². The van der Waals surface area contributed by atoms with E-state index in [9.17, 15) is 0 Å². The fourth-order valence-electron chi connectivity index (χ4n) is 2.00. The SMILES string of the molecule is COc1ccc(CCNCc2ccccc2)cc1N. The Morgan fingerprint density at radius 2 is 1.84 bits per heavy atom. The number of benzene rings is 2. The maximum Gasteiger partial charge on any atom is 0.141 e. The molecular weight excluding hydrogens is 236 g/mol. The van der Waals surface area contributed by atoms with Crippen LogP contribution in [0.1, 0.15) is 11.1 Å². The summed E-state index contributed by atoms with van der Waals surface area (Å²) < 4.78 is 5.14. The van der Waals surface area contributed by atoms with Crippen LogP contribution in [0, 0.1) is 0 Å². The molecule has 0 aliphatic heterocycles. The molecule has 19 heavy (non-hydrogen) atoms. The molecule has 0 bridgehead atoms. The van der Waals surface area contributed by atoms with Gasteiger partial charge in [0.25, 0.3) is 0 Å². The van der Waals surface area contributed by atoms with Crippen LogP contribution in [-0.2, 0) is 13.0 Å². The highest BCUT2D eigenvalue weighted by atomic mass is 16.5. The van der Waals surface area contributed by atoms with Crippen LogP contribution in [0.25, 0.3) is 0 Å². The van der Waals surface area contributed by atoms with Crippen molar-refractivity contribution in [1.82, 2.24) is 5.32 Å². The van der Waals surface area contributed by atoms with Gasteiger partial charge in [-0.05, 0) is 36.2 Å². The second-order valence-electron chi connectivity index (χ2n) is 4.49. The molecule has 100 valence electrons. The number of hydrogen-bond donors (Lipinski definition) is 2. The Morgan fingerprint density at radius 1 is 1.05 bits per heavy atom. The quantitative estimate of drug-likeness (QED) is 0.617. The van der Waals surface area contributed by atoms with Crippen LogP contribution >= 0.6 is 0 Å². The van der Waals surface area contributed by atoms with Crippen molar-refractivity contribution in [1.29, 1.82) is 0 Å². The van der Waals surface area contributed by atoms with E-state index in [1.165, 1.54) is 11.1 Å². The largest absolute Gasteiger partial charge is 0.495 e. The zero-order chi connectivity index (χ0) is 13.5. The Hall–Kier alpha value is -2.00. The molecule has 0 spiro atoms. The number of nitrogens with one attached hydrogen (secondary N) is 1. The van der Waals surface area contributed by atoms with Gasteiger partial charge in [0.2, 0.25) is 0 Å². The molecule has 2 aromatic carbocycles. The van der Waals surface area contributed by atoms with Gasteiger partial charge in [-0.15, -0.1) is 0 Å². The average molecular weight is 256 g/mol. The lowest BCUT2D eigenvalue weighted by Crippen LogP contribution is -2.16. The lowest BCUT2D eigenvalue weighted by Gasteiger charge is -2.08. The number of hydrogen-bond acceptors (Lipinski definition) is 3. The summed E-state index contributed by atoms with van der Waals surface area (Å²) in [5.41, 5.74) is 9.10. The van der Waals surface area contributed by atoms with Crippen molar-refractivity contribution < 1.29 is 4.74 Å². The minimum absolute atomic E-state index is 0.697. The normalized spacial score (nSPS) is 10.4. The molecule has 0 heterocycles. The molecule has 0 saturated heterocycles. The minimum Gasteiger partial charge on any atom is -0.495 e. The smallest absolute Gasteiger partial charge is 0.141 e. The third-order valence-electron chi connectivity index (χ3n) is 3.06. The maximum absolute atomic E-state index is 5.88. The summed E-state index contributed by atoms with van der Waals surface area (Å²) in [7, 11) is 1.63. The van der Waals surface area contributed by atoms with Crippen molar-refractivity contribution in [3.05, 3.63) is 59.7 Å². The van der Waals surface area contributed by atoms with E-state index in [1.54, 1.807) is 7.11 Å². The van der Waals surface area contributed by atoms with Crippen LogP contribution in [-0.4, -0.2) is 13.7 Å². The van der Waals surface area contributed by atoms with E-state index in [-0.39, 0.29) is 0 Å². The number of nitrogen functional groups attached to an aromatic ring is 1. The highest BCUT2D eigenvalue weighted by Gasteiger charge is 2.00. The Kier molecular flexibility index (Phi) is 4.81. The van der Waals surface area contributed by atoms with Gasteiger partial charge in [0.05, 0.1) is 12.8 Å². The predicted molar refractivity (Wildman–Crippen MR) is 79.3 cm³/mol. The van der Waals surface area contributed by atoms with Crippen molar-refractivity contribution in [2.24, 2.45) is 0 Å². The molecule has 2 aromatic rings. The van der Waals surface area contributed by atoms with Gasteiger partial charge in [-0.1, -0.05) is 36.4 Å². The minimum atomic E-state index is 0.697. The van der Waals surface area contributed by atoms with Crippen molar-refractivity contribution in [3.63, 3.8) is 0 Å². The summed E-state index contributed by atoms with van der Waals surface area (Å²) >= 11 is 0. The molecule has 0 aliphatic rings. The Morgan fingerprint density at radius 3 is 2.53 bits per heavy atom. The topological polar surface area (TPSA) is 47.3 Å². The van der Waals surface area contributed by atoms with Crippen LogP contribution in [0.15, 0.2) is 48.5 Å². The summed E-state index contributed by atoms with van der Waals surface area (Å²) in [4.78, 5) is 0. The van der Waals surface area contributed by atoms with Crippen molar-refractivity contribution >= 4 is 5.69 Å². The predicted octanol–water partition coefficient (Wildman–Crippen LogP) is 2.61. The van der Waals surface area contributed by atoms with Gasteiger partial charge >= 0.3 is 0 Å². The van der Waals surface area contributed by atoms with Crippen LogP contribution < -0.4 is 15.8 Å². The molecule has 0 amide bonds. The monoisotopic (exact) mass is 256 g/mol. The summed E-state index contributed by atoms with van der Waals surface area (Å²) in [5, 5.41) is 3.43. The molecule has 3 N–H and O–H groups in total. The van der Waals surface area contributed by atoms with Crippen LogP contribution in [0.4, 0.5) is 5.69 Å². The zero-order valence-electron chi connectivity index (χ0n) is 11.2. The molecule has 3 nitrogen and oxygen atoms in total. The summed E-state index contributed by atoms with van der Waals surface area (Å²) in [6, 6.07) is 16.3. The fraction of sp³-hybridized carbons (Fsp3) is 0.250. The number of rotatable bonds is 6. The highest BCUT2D eigenvalue weighted by Crippen LogP contribution is 2.21. The molecule has 0 fully saturated rings. The molecule has 0 atom stereocenters. The van der Waals surface area contributed by atoms with Crippen molar-refractivity contribution in [2.45, 2.75) is 13.0 Å². The van der Waals surface area contributed by atoms with E-state index in [0.29, 0.717) is 5.69 Å². The second kappa shape index (κ2) is 6.81. The maximum atomic E-state index is 5.88. The first-order chi connectivity index (χ1) is 9.29. The van der Waals surface area contributed by atoms with E-state index in [0.717, 1.165) is 25.3 Å². The number of anilines is 1. The van der Waals surface area contributed by atoms with Crippen molar-refractivity contribution in [2.75, 3.05) is 19.4 Å². The molecule has 0 aromatic heterocycles. The number of methoxy groups -OCH3 is 1. The highest BCUT2D eigenvalue weighted by molar-refractivity contribution is 5.54. The first-order valence-corrected chi connectivity index (χ1v) is 6.46. The fourth-order valence-corrected chi connectivity index (χ4v) is 2.00. The first-order valence-electron chi connectivity index (χ1n) is 6.46. The molecule has 0 aliphatic carbocycles. The molecular formula is C16H20N2O. The van der Waals surface area contributed by atoms with Gasteiger partial charge < -0.3 is 15.8 Å². The zero-order valence-corrected chi connectivity index (χ0v) is 11.2. The van der Waals surface area contributed by atoms with Gasteiger partial charge in [0, 0.05) is 6.54 Å². The summed E-state index contributed by atoms with van der Waals surface area (Å²) in [6.45, 7) is 1.83. The Balaban J connectivity index is 1.78. The van der Waals surface area contributed by atoms with Crippen LogP contribution in [0.2, 0.25) is 0 Å². The average Bonchev–Trinajstić information content (AvgIpc) is 2.45. The Bertz CT molecular complexity index is 511. The van der Waals surface area contributed by atoms with E-state index in [4.69, 9.17) is 10.5 Å². The van der Waals surface area contributed by atoms with E-state index >= 15 is 0 Å². The van der Waals surface area contributed by atoms with Crippen molar-refractivity contribution in [3.8, 4) is 5.75 Å². The summed E-state index contributed by atoms with van der Waals surface area (Å²) in [6.07, 6.45) is 0.959. The van der Waals surface area contributed by atoms with Gasteiger partial charge in [0.1, 0.15) is 5.75 Å². The standard InChI is InChI=1S/C16H20N2O/c1-19-16-8-7-13(11-15(16)17)9-10-18-12-14-5-3-2-4-6-14/h2-8,11,18H,9-10,12,17H2,1H3. The lowest BCUT2D eigenvalue weighted by molar-refractivity contribution is 0.417. The van der Waals surface area contributed by atoms with E-state index in [2.05, 4.69) is 35.6 Å². The van der Waals surface area contributed by atoms with E-state index < -0.39 is 0 Å². The molecule has 0 unspecified atom stereocenters. The van der Waals surface area contributed by atoms with Crippen LogP contribution in [0.5, 0.6) is 5.75 Å².